The number of hydrogen-bond donors (Lipinski definition) is 1. The van der Waals surface area contributed by atoms with Crippen LogP contribution in [0.5, 0.6) is 5.75 Å². The molecule has 5 nitrogen and oxygen atoms in total. The highest BCUT2D eigenvalue weighted by molar-refractivity contribution is 5.84. The smallest absolute Gasteiger partial charge is 0.326 e. The first-order chi connectivity index (χ1) is 9.36. The van der Waals surface area contributed by atoms with Crippen LogP contribution in [0.2, 0.25) is 0 Å². The molecule has 1 aromatic rings. The monoisotopic (exact) mass is 287 g/mol. The van der Waals surface area contributed by atoms with Gasteiger partial charge in [0.25, 0.3) is 5.91 Å². The normalized spacial score (nSPS) is 11.8. The van der Waals surface area contributed by atoms with Gasteiger partial charge in [0, 0.05) is 13.1 Å². The number of likely N-dealkylation sites (N-methyl/N-ethyl adjacent to an activating group) is 1. The van der Waals surface area contributed by atoms with E-state index in [0.29, 0.717) is 6.07 Å². The van der Waals surface area contributed by atoms with E-state index in [0.717, 1.165) is 17.0 Å². The van der Waals surface area contributed by atoms with Crippen molar-refractivity contribution in [3.8, 4) is 5.75 Å². The van der Waals surface area contributed by atoms with E-state index in [1.54, 1.807) is 6.92 Å². The molecule has 1 rings (SSSR count). The summed E-state index contributed by atoms with van der Waals surface area (Å²) >= 11 is 0. The van der Waals surface area contributed by atoms with Crippen molar-refractivity contribution in [3.63, 3.8) is 0 Å². The molecule has 0 fully saturated rings. The quantitative estimate of drug-likeness (QED) is 0.864. The van der Waals surface area contributed by atoms with E-state index in [4.69, 9.17) is 9.84 Å². The van der Waals surface area contributed by atoms with Crippen LogP contribution in [0.25, 0.3) is 0 Å². The van der Waals surface area contributed by atoms with Crippen molar-refractivity contribution in [3.05, 3.63) is 29.8 Å². The van der Waals surface area contributed by atoms with E-state index >= 15 is 0 Å². The van der Waals surface area contributed by atoms with Crippen molar-refractivity contribution in [2.24, 2.45) is 0 Å². The Labute approximate surface area is 114 Å². The van der Waals surface area contributed by atoms with Gasteiger partial charge in [0.2, 0.25) is 0 Å². The van der Waals surface area contributed by atoms with Crippen LogP contribution < -0.4 is 4.74 Å². The van der Waals surface area contributed by atoms with Gasteiger partial charge in [0.05, 0.1) is 0 Å². The Bertz CT molecular complexity index is 507. The minimum Gasteiger partial charge on any atom is -0.481 e. The number of carboxylic acids is 1. The molecule has 0 saturated heterocycles. The predicted octanol–water partition coefficient (Wildman–Crippen LogP) is 1.67. The Morgan fingerprint density at radius 2 is 2.05 bits per heavy atom. The summed E-state index contributed by atoms with van der Waals surface area (Å²) in [6, 6.07) is 1.73. The number of benzene rings is 1. The molecule has 0 bridgehead atoms. The first-order valence-corrected chi connectivity index (χ1v) is 5.93. The van der Waals surface area contributed by atoms with Crippen LogP contribution in [0, 0.1) is 11.6 Å². The molecule has 1 unspecified atom stereocenters. The summed E-state index contributed by atoms with van der Waals surface area (Å²) in [5.74, 6) is -3.68. The summed E-state index contributed by atoms with van der Waals surface area (Å²) in [5.41, 5.74) is 0. The van der Waals surface area contributed by atoms with Gasteiger partial charge in [-0.1, -0.05) is 6.92 Å². The first-order valence-electron chi connectivity index (χ1n) is 5.93. The second-order valence-corrected chi connectivity index (χ2v) is 4.13. The molecule has 0 aliphatic heterocycles. The number of amides is 1. The van der Waals surface area contributed by atoms with Crippen molar-refractivity contribution in [2.75, 3.05) is 13.7 Å². The molecule has 0 saturated carbocycles. The number of nitrogens with zero attached hydrogens (tertiary/aromatic N) is 1. The highest BCUT2D eigenvalue weighted by Crippen LogP contribution is 2.17. The topological polar surface area (TPSA) is 66.8 Å². The molecule has 20 heavy (non-hydrogen) atoms. The minimum absolute atomic E-state index is 0.239. The van der Waals surface area contributed by atoms with E-state index < -0.39 is 36.2 Å². The van der Waals surface area contributed by atoms with Gasteiger partial charge in [-0.2, -0.15) is 0 Å². The van der Waals surface area contributed by atoms with Crippen molar-refractivity contribution >= 4 is 11.9 Å². The van der Waals surface area contributed by atoms with E-state index in [2.05, 4.69) is 0 Å². The molecule has 1 atom stereocenters. The lowest BCUT2D eigenvalue weighted by molar-refractivity contribution is -0.149. The van der Waals surface area contributed by atoms with Gasteiger partial charge in [-0.05, 0) is 18.6 Å². The maximum absolute atomic E-state index is 13.3. The molecule has 1 aromatic carbocycles. The fourth-order valence-corrected chi connectivity index (χ4v) is 1.62. The maximum Gasteiger partial charge on any atom is 0.326 e. The Morgan fingerprint density at radius 1 is 1.40 bits per heavy atom. The zero-order valence-electron chi connectivity index (χ0n) is 11.1. The summed E-state index contributed by atoms with van der Waals surface area (Å²) in [6.45, 7) is 1.10. The third-order valence-corrected chi connectivity index (χ3v) is 2.78. The minimum atomic E-state index is -1.13. The summed E-state index contributed by atoms with van der Waals surface area (Å²) in [4.78, 5) is 23.7. The number of carbonyl (C=O) groups is 2. The standard InChI is InChI=1S/C13H15F2NO4/c1-3-10(13(18)19)16(2)12(17)7-20-11-5-4-8(14)6-9(11)15/h4-6,10H,3,7H2,1-2H3,(H,18,19). The van der Waals surface area contributed by atoms with Crippen LogP contribution in [0.1, 0.15) is 13.3 Å². The number of carbonyl (C=O) groups excluding carboxylic acids is 1. The van der Waals surface area contributed by atoms with Crippen molar-refractivity contribution in [1.82, 2.24) is 4.90 Å². The number of carboxylic acid groups (broad SMARTS) is 1. The highest BCUT2D eigenvalue weighted by Gasteiger charge is 2.25. The Morgan fingerprint density at radius 3 is 2.55 bits per heavy atom. The van der Waals surface area contributed by atoms with Crippen LogP contribution in [0.15, 0.2) is 18.2 Å². The molecule has 1 N–H and O–H groups in total. The zero-order chi connectivity index (χ0) is 15.3. The van der Waals surface area contributed by atoms with Crippen LogP contribution in [-0.4, -0.2) is 41.6 Å². The van der Waals surface area contributed by atoms with Crippen molar-refractivity contribution < 1.29 is 28.2 Å². The van der Waals surface area contributed by atoms with Gasteiger partial charge in [-0.3, -0.25) is 4.79 Å². The maximum atomic E-state index is 13.3. The molecule has 110 valence electrons. The molecule has 0 spiro atoms. The molecule has 7 heteroatoms. The summed E-state index contributed by atoms with van der Waals surface area (Å²) in [5, 5.41) is 8.92. The Kier molecular flexibility index (Phi) is 5.42. The number of aliphatic carboxylic acids is 1. The summed E-state index contributed by atoms with van der Waals surface area (Å²) < 4.78 is 30.9. The summed E-state index contributed by atoms with van der Waals surface area (Å²) in [7, 11) is 1.33. The lowest BCUT2D eigenvalue weighted by Crippen LogP contribution is -2.44. The lowest BCUT2D eigenvalue weighted by Gasteiger charge is -2.23. The third-order valence-electron chi connectivity index (χ3n) is 2.78. The van der Waals surface area contributed by atoms with Crippen LogP contribution in [0.4, 0.5) is 8.78 Å². The third kappa shape index (κ3) is 3.91. The molecular formula is C13H15F2NO4. The second kappa shape index (κ2) is 6.83. The molecule has 0 aliphatic carbocycles. The van der Waals surface area contributed by atoms with E-state index in [1.807, 2.05) is 0 Å². The molecular weight excluding hydrogens is 272 g/mol. The molecule has 0 radical (unpaired) electrons. The van der Waals surface area contributed by atoms with Crippen molar-refractivity contribution in [2.45, 2.75) is 19.4 Å². The predicted molar refractivity (Wildman–Crippen MR) is 66.3 cm³/mol. The highest BCUT2D eigenvalue weighted by atomic mass is 19.1. The van der Waals surface area contributed by atoms with E-state index in [1.165, 1.54) is 7.05 Å². The SMILES string of the molecule is CCC(C(=O)O)N(C)C(=O)COc1ccc(F)cc1F. The fourth-order valence-electron chi connectivity index (χ4n) is 1.62. The number of ether oxygens (including phenoxy) is 1. The number of halogens is 2. The summed E-state index contributed by atoms with van der Waals surface area (Å²) in [6.07, 6.45) is 0.239. The van der Waals surface area contributed by atoms with Gasteiger partial charge in [-0.15, -0.1) is 0 Å². The Hall–Kier alpha value is -2.18. The van der Waals surface area contributed by atoms with Crippen LogP contribution >= 0.6 is 0 Å². The molecule has 1 amide bonds. The van der Waals surface area contributed by atoms with Gasteiger partial charge in [0.15, 0.2) is 18.2 Å². The first kappa shape index (κ1) is 15.9. The average Bonchev–Trinajstić information content (AvgIpc) is 2.37. The van der Waals surface area contributed by atoms with Gasteiger partial charge < -0.3 is 14.7 Å². The van der Waals surface area contributed by atoms with E-state index in [9.17, 15) is 18.4 Å². The van der Waals surface area contributed by atoms with E-state index in [-0.39, 0.29) is 12.2 Å². The molecule has 0 heterocycles. The van der Waals surface area contributed by atoms with Crippen molar-refractivity contribution in [1.29, 1.82) is 0 Å². The average molecular weight is 287 g/mol. The largest absolute Gasteiger partial charge is 0.481 e. The number of hydrogen-bond acceptors (Lipinski definition) is 3. The molecule has 0 aromatic heterocycles. The van der Waals surface area contributed by atoms with Gasteiger partial charge in [-0.25, -0.2) is 13.6 Å². The molecule has 0 aliphatic rings. The van der Waals surface area contributed by atoms with Crippen LogP contribution in [0.3, 0.4) is 0 Å². The van der Waals surface area contributed by atoms with Gasteiger partial charge in [0.1, 0.15) is 11.9 Å². The Balaban J connectivity index is 2.65. The fraction of sp³-hybridized carbons (Fsp3) is 0.385. The number of rotatable bonds is 6. The lowest BCUT2D eigenvalue weighted by atomic mass is 10.2. The van der Waals surface area contributed by atoms with Crippen LogP contribution in [-0.2, 0) is 9.59 Å². The zero-order valence-corrected chi connectivity index (χ0v) is 11.1. The van der Waals surface area contributed by atoms with Gasteiger partial charge >= 0.3 is 5.97 Å². The second-order valence-electron chi connectivity index (χ2n) is 4.13.